The predicted octanol–water partition coefficient (Wildman–Crippen LogP) is 4.30. The van der Waals surface area contributed by atoms with Gasteiger partial charge in [-0.25, -0.2) is 14.4 Å². The van der Waals surface area contributed by atoms with Crippen molar-refractivity contribution in [3.8, 4) is 5.75 Å². The molecule has 3 rings (SSSR count). The zero-order chi connectivity index (χ0) is 21.5. The first-order valence-corrected chi connectivity index (χ1v) is 8.98. The molecule has 0 aliphatic rings. The monoisotopic (exact) mass is 429 g/mol. The van der Waals surface area contributed by atoms with Gasteiger partial charge in [-0.05, 0) is 30.3 Å². The van der Waals surface area contributed by atoms with E-state index in [0.29, 0.717) is 33.8 Å². The van der Waals surface area contributed by atoms with Crippen LogP contribution in [0.15, 0.2) is 54.0 Å². The molecule has 30 heavy (non-hydrogen) atoms. The van der Waals surface area contributed by atoms with E-state index in [1.54, 1.807) is 12.1 Å². The van der Waals surface area contributed by atoms with Crippen LogP contribution in [-0.2, 0) is 9.63 Å². The normalized spacial score (nSPS) is 11.2. The van der Waals surface area contributed by atoms with Crippen LogP contribution < -0.4 is 15.4 Å². The van der Waals surface area contributed by atoms with Crippen LogP contribution in [0.2, 0.25) is 5.02 Å². The van der Waals surface area contributed by atoms with E-state index < -0.39 is 11.7 Å². The number of carbonyl (C=O) groups excluding carboxylic acids is 1. The van der Waals surface area contributed by atoms with Gasteiger partial charge >= 0.3 is 0 Å². The summed E-state index contributed by atoms with van der Waals surface area (Å²) in [7, 11) is 2.89. The molecule has 0 fully saturated rings. The molecule has 0 aliphatic carbocycles. The van der Waals surface area contributed by atoms with E-state index in [0.717, 1.165) is 0 Å². The number of benzene rings is 2. The summed E-state index contributed by atoms with van der Waals surface area (Å²) in [6.07, 6.45) is 5.43. The Morgan fingerprint density at radius 1 is 1.23 bits per heavy atom. The van der Waals surface area contributed by atoms with E-state index in [9.17, 15) is 9.18 Å². The largest absolute Gasteiger partial charge is 0.494 e. The molecule has 2 aromatic carbocycles. The number of carbonyl (C=O) groups is 1. The third kappa shape index (κ3) is 5.00. The standard InChI is InChI=1S/C20H17ClFN5O3/c1-29-18-10-16-13(9-17(18)27-19(28)4-3-7-25-30-2)20(24-11-23-16)26-12-5-6-15(22)14(21)8-12/h3-11H,1-2H3,(H,27,28)(H,23,24,26)/b4-3+,25-7-. The molecule has 0 saturated carbocycles. The molecule has 0 saturated heterocycles. The lowest BCUT2D eigenvalue weighted by atomic mass is 10.1. The van der Waals surface area contributed by atoms with E-state index in [4.69, 9.17) is 16.3 Å². The topological polar surface area (TPSA) is 97.7 Å². The maximum Gasteiger partial charge on any atom is 0.248 e. The highest BCUT2D eigenvalue weighted by atomic mass is 35.5. The molecule has 10 heteroatoms. The highest BCUT2D eigenvalue weighted by molar-refractivity contribution is 6.31. The van der Waals surface area contributed by atoms with Crippen LogP contribution in [0, 0.1) is 5.82 Å². The van der Waals surface area contributed by atoms with Crippen LogP contribution in [0.5, 0.6) is 5.75 Å². The van der Waals surface area contributed by atoms with Gasteiger partial charge in [0, 0.05) is 23.2 Å². The zero-order valence-electron chi connectivity index (χ0n) is 16.0. The van der Waals surface area contributed by atoms with Gasteiger partial charge in [0.15, 0.2) is 0 Å². The number of rotatable bonds is 7. The third-order valence-electron chi connectivity index (χ3n) is 3.90. The predicted molar refractivity (Wildman–Crippen MR) is 114 cm³/mol. The number of amides is 1. The fraction of sp³-hybridized carbons (Fsp3) is 0.100. The van der Waals surface area contributed by atoms with Crippen molar-refractivity contribution >= 4 is 51.8 Å². The number of ether oxygens (including phenoxy) is 1. The molecule has 1 amide bonds. The molecule has 0 bridgehead atoms. The number of anilines is 3. The van der Waals surface area contributed by atoms with Gasteiger partial charge in [0.05, 0.1) is 29.6 Å². The fourth-order valence-corrected chi connectivity index (χ4v) is 2.74. The van der Waals surface area contributed by atoms with Crippen LogP contribution >= 0.6 is 11.6 Å². The summed E-state index contributed by atoms with van der Waals surface area (Å²) in [5, 5.41) is 9.92. The number of nitrogens with one attached hydrogen (secondary N) is 2. The van der Waals surface area contributed by atoms with Crippen molar-refractivity contribution in [3.05, 3.63) is 59.7 Å². The number of methoxy groups -OCH3 is 1. The van der Waals surface area contributed by atoms with Crippen LogP contribution in [0.4, 0.5) is 21.6 Å². The molecule has 0 aliphatic heterocycles. The Kier molecular flexibility index (Phi) is 6.76. The Bertz CT molecular complexity index is 1140. The van der Waals surface area contributed by atoms with Crippen molar-refractivity contribution < 1.29 is 18.8 Å². The number of nitrogens with zero attached hydrogens (tertiary/aromatic N) is 3. The Labute approximate surface area is 176 Å². The lowest BCUT2D eigenvalue weighted by Crippen LogP contribution is -2.09. The molecular formula is C20H17ClFN5O3. The summed E-state index contributed by atoms with van der Waals surface area (Å²) in [5.41, 5.74) is 1.54. The molecule has 8 nitrogen and oxygen atoms in total. The van der Waals surface area contributed by atoms with Crippen LogP contribution in [0.1, 0.15) is 0 Å². The van der Waals surface area contributed by atoms with Gasteiger partial charge in [-0.2, -0.15) is 0 Å². The van der Waals surface area contributed by atoms with Gasteiger partial charge in [-0.15, -0.1) is 0 Å². The highest BCUT2D eigenvalue weighted by Gasteiger charge is 2.12. The van der Waals surface area contributed by atoms with Crippen LogP contribution in [-0.4, -0.2) is 36.3 Å². The van der Waals surface area contributed by atoms with Gasteiger partial charge < -0.3 is 20.2 Å². The van der Waals surface area contributed by atoms with Gasteiger partial charge in [0.2, 0.25) is 5.91 Å². The van der Waals surface area contributed by atoms with E-state index in [2.05, 4.69) is 30.6 Å². The third-order valence-corrected chi connectivity index (χ3v) is 4.19. The van der Waals surface area contributed by atoms with Gasteiger partial charge in [0.25, 0.3) is 0 Å². The average Bonchev–Trinajstić information content (AvgIpc) is 2.74. The van der Waals surface area contributed by atoms with Crippen molar-refractivity contribution in [2.24, 2.45) is 5.16 Å². The number of fused-ring (bicyclic) bond motifs is 1. The second kappa shape index (κ2) is 9.66. The number of halogens is 2. The van der Waals surface area contributed by atoms with E-state index >= 15 is 0 Å². The second-order valence-corrected chi connectivity index (χ2v) is 6.24. The second-order valence-electron chi connectivity index (χ2n) is 5.83. The maximum atomic E-state index is 13.4. The number of hydrogen-bond donors (Lipinski definition) is 2. The minimum atomic E-state index is -0.520. The molecule has 0 spiro atoms. The molecule has 3 aromatic rings. The fourth-order valence-electron chi connectivity index (χ4n) is 2.56. The Balaban J connectivity index is 1.95. The summed E-state index contributed by atoms with van der Waals surface area (Å²) in [5.74, 6) is -0.0483. The minimum absolute atomic E-state index is 0.0169. The zero-order valence-corrected chi connectivity index (χ0v) is 16.8. The molecule has 0 atom stereocenters. The number of hydrogen-bond acceptors (Lipinski definition) is 7. The van der Waals surface area contributed by atoms with Crippen LogP contribution in [0.25, 0.3) is 10.9 Å². The van der Waals surface area contributed by atoms with Crippen molar-refractivity contribution in [2.75, 3.05) is 24.9 Å². The van der Waals surface area contributed by atoms with Gasteiger partial charge in [-0.3, -0.25) is 4.79 Å². The first-order valence-electron chi connectivity index (χ1n) is 8.61. The SMILES string of the molecule is CO/N=C\C=C\C(=O)Nc1cc2c(Nc3ccc(F)c(Cl)c3)ncnc2cc1OC. The van der Waals surface area contributed by atoms with E-state index in [-0.39, 0.29) is 5.02 Å². The Hall–Kier alpha value is -3.72. The molecular weight excluding hydrogens is 413 g/mol. The van der Waals surface area contributed by atoms with E-state index in [1.165, 1.54) is 57.1 Å². The number of oxime groups is 1. The summed E-state index contributed by atoms with van der Waals surface area (Å²) in [4.78, 5) is 25.2. The molecule has 0 radical (unpaired) electrons. The smallest absolute Gasteiger partial charge is 0.248 e. The highest BCUT2D eigenvalue weighted by Crippen LogP contribution is 2.33. The van der Waals surface area contributed by atoms with Gasteiger partial charge in [-0.1, -0.05) is 16.8 Å². The van der Waals surface area contributed by atoms with Crippen molar-refractivity contribution in [2.45, 2.75) is 0 Å². The first-order chi connectivity index (χ1) is 14.5. The number of aromatic nitrogens is 2. The lowest BCUT2D eigenvalue weighted by Gasteiger charge is -2.13. The summed E-state index contributed by atoms with van der Waals surface area (Å²) < 4.78 is 18.8. The lowest BCUT2D eigenvalue weighted by molar-refractivity contribution is -0.111. The van der Waals surface area contributed by atoms with Crippen molar-refractivity contribution in [3.63, 3.8) is 0 Å². The first kappa shape index (κ1) is 21.0. The molecule has 2 N–H and O–H groups in total. The van der Waals surface area contributed by atoms with Crippen LogP contribution in [0.3, 0.4) is 0 Å². The molecule has 0 unspecified atom stereocenters. The summed E-state index contributed by atoms with van der Waals surface area (Å²) >= 11 is 5.85. The Morgan fingerprint density at radius 3 is 2.80 bits per heavy atom. The summed E-state index contributed by atoms with van der Waals surface area (Å²) in [6.45, 7) is 0. The molecule has 154 valence electrons. The Morgan fingerprint density at radius 2 is 2.07 bits per heavy atom. The summed E-state index contributed by atoms with van der Waals surface area (Å²) in [6, 6.07) is 7.58. The van der Waals surface area contributed by atoms with E-state index in [1.807, 2.05) is 0 Å². The van der Waals surface area contributed by atoms with Crippen molar-refractivity contribution in [1.29, 1.82) is 0 Å². The maximum absolute atomic E-state index is 13.4. The molecule has 1 aromatic heterocycles. The minimum Gasteiger partial charge on any atom is -0.494 e. The number of allylic oxidation sites excluding steroid dienone is 1. The van der Waals surface area contributed by atoms with Crippen molar-refractivity contribution in [1.82, 2.24) is 9.97 Å². The quantitative estimate of drug-likeness (QED) is 0.330. The average molecular weight is 430 g/mol. The molecule has 1 heterocycles. The van der Waals surface area contributed by atoms with Gasteiger partial charge in [0.1, 0.15) is 30.8 Å².